The van der Waals surface area contributed by atoms with E-state index in [9.17, 15) is 0 Å². The molecule has 15 heavy (non-hydrogen) atoms. The molecule has 0 aromatic rings. The van der Waals surface area contributed by atoms with Gasteiger partial charge in [-0.1, -0.05) is 12.2 Å². The quantitative estimate of drug-likeness (QED) is 0.361. The van der Waals surface area contributed by atoms with Gasteiger partial charge in [-0.3, -0.25) is 0 Å². The summed E-state index contributed by atoms with van der Waals surface area (Å²) in [7, 11) is 0. The molecule has 0 radical (unpaired) electrons. The number of ether oxygens (including phenoxy) is 1. The number of rotatable bonds is 1. The Bertz CT molecular complexity index is 343. The third-order valence-electron chi connectivity index (χ3n) is 6.16. The molecule has 4 fully saturated rings. The predicted octanol–water partition coefficient (Wildman–Crippen LogP) is 2.48. The molecule has 0 aromatic carbocycles. The maximum atomic E-state index is 5.56. The molecule has 1 nitrogen and oxygen atoms in total. The number of hydrogen-bond acceptors (Lipinski definition) is 1. The third-order valence-corrected chi connectivity index (χ3v) is 6.16. The largest absolute Gasteiger partial charge is 0.373 e. The van der Waals surface area contributed by atoms with Gasteiger partial charge in [0, 0.05) is 0 Å². The Morgan fingerprint density at radius 2 is 1.60 bits per heavy atom. The lowest BCUT2D eigenvalue weighted by Gasteiger charge is -2.36. The standard InChI is InChI=1S/C14H18O/c1-2-8-3-7(1)13-9-4-10(12-6-15-12)11(5-9)14(8)13/h1-2,7-14H,3-6H2. The van der Waals surface area contributed by atoms with E-state index in [1.165, 1.54) is 12.8 Å². The van der Waals surface area contributed by atoms with Crippen LogP contribution < -0.4 is 0 Å². The van der Waals surface area contributed by atoms with E-state index in [1.807, 2.05) is 0 Å². The van der Waals surface area contributed by atoms with Crippen molar-refractivity contribution in [1.29, 1.82) is 0 Å². The Balaban J connectivity index is 1.54. The minimum atomic E-state index is 0.684. The van der Waals surface area contributed by atoms with Crippen LogP contribution in [0, 0.1) is 41.4 Å². The fraction of sp³-hybridized carbons (Fsp3) is 0.857. The van der Waals surface area contributed by atoms with Crippen LogP contribution in [0.2, 0.25) is 0 Å². The smallest absolute Gasteiger partial charge is 0.0840 e. The Hall–Kier alpha value is -0.300. The van der Waals surface area contributed by atoms with Crippen LogP contribution >= 0.6 is 0 Å². The van der Waals surface area contributed by atoms with Gasteiger partial charge in [0.05, 0.1) is 12.7 Å². The molecule has 80 valence electrons. The van der Waals surface area contributed by atoms with Gasteiger partial charge < -0.3 is 4.74 Å². The molecule has 0 N–H and O–H groups in total. The highest BCUT2D eigenvalue weighted by molar-refractivity contribution is 5.21. The van der Waals surface area contributed by atoms with Crippen molar-refractivity contribution in [1.82, 2.24) is 0 Å². The monoisotopic (exact) mass is 202 g/mol. The zero-order valence-electron chi connectivity index (χ0n) is 9.01. The second-order valence-electron chi connectivity index (χ2n) is 6.53. The molecule has 0 amide bonds. The van der Waals surface area contributed by atoms with Gasteiger partial charge in [-0.15, -0.1) is 0 Å². The molecule has 0 spiro atoms. The highest BCUT2D eigenvalue weighted by Crippen LogP contribution is 2.68. The molecule has 3 saturated carbocycles. The van der Waals surface area contributed by atoms with Gasteiger partial charge in [0.15, 0.2) is 0 Å². The first-order valence-corrected chi connectivity index (χ1v) is 6.72. The van der Waals surface area contributed by atoms with Crippen molar-refractivity contribution in [3.8, 4) is 0 Å². The summed E-state index contributed by atoms with van der Waals surface area (Å²) in [6, 6.07) is 0. The van der Waals surface area contributed by atoms with Crippen LogP contribution in [-0.2, 0) is 4.74 Å². The first-order chi connectivity index (χ1) is 7.42. The van der Waals surface area contributed by atoms with Crippen LogP contribution in [0.5, 0.6) is 0 Å². The molecule has 5 aliphatic rings. The fourth-order valence-electron chi connectivity index (χ4n) is 5.80. The SMILES string of the molecule is C1=CC2CC1C1C3CC(C4CO4)C(C3)C21. The minimum absolute atomic E-state index is 0.684. The fourth-order valence-corrected chi connectivity index (χ4v) is 5.80. The van der Waals surface area contributed by atoms with E-state index in [0.29, 0.717) is 6.10 Å². The van der Waals surface area contributed by atoms with E-state index in [1.54, 1.807) is 6.42 Å². The lowest BCUT2D eigenvalue weighted by Crippen LogP contribution is -2.33. The number of hydrogen-bond donors (Lipinski definition) is 0. The van der Waals surface area contributed by atoms with E-state index in [2.05, 4.69) is 12.2 Å². The minimum Gasteiger partial charge on any atom is -0.373 e. The molecule has 0 aromatic heterocycles. The molecule has 1 heterocycles. The summed E-state index contributed by atoms with van der Waals surface area (Å²) in [6.45, 7) is 1.08. The summed E-state index contributed by atoms with van der Waals surface area (Å²) < 4.78 is 5.56. The van der Waals surface area contributed by atoms with Crippen molar-refractivity contribution in [2.24, 2.45) is 41.4 Å². The molecule has 1 saturated heterocycles. The zero-order chi connectivity index (χ0) is 9.57. The molecule has 4 bridgehead atoms. The Labute approximate surface area is 90.9 Å². The van der Waals surface area contributed by atoms with Gasteiger partial charge in [0.25, 0.3) is 0 Å². The van der Waals surface area contributed by atoms with Crippen molar-refractivity contribution in [3.05, 3.63) is 12.2 Å². The van der Waals surface area contributed by atoms with E-state index in [0.717, 1.165) is 48.0 Å². The lowest BCUT2D eigenvalue weighted by molar-refractivity contribution is 0.127. The molecule has 1 heteroatoms. The molecule has 4 aliphatic carbocycles. The molecule has 1 aliphatic heterocycles. The van der Waals surface area contributed by atoms with Gasteiger partial charge in [-0.25, -0.2) is 0 Å². The van der Waals surface area contributed by atoms with Crippen LogP contribution in [0.25, 0.3) is 0 Å². The Morgan fingerprint density at radius 3 is 2.40 bits per heavy atom. The second kappa shape index (κ2) is 2.34. The van der Waals surface area contributed by atoms with Crippen molar-refractivity contribution in [2.75, 3.05) is 6.61 Å². The van der Waals surface area contributed by atoms with Gasteiger partial charge >= 0.3 is 0 Å². The molecule has 5 rings (SSSR count). The maximum absolute atomic E-state index is 5.56. The number of epoxide rings is 1. The summed E-state index contributed by atoms with van der Waals surface area (Å²) in [5, 5.41) is 0. The van der Waals surface area contributed by atoms with Crippen molar-refractivity contribution in [3.63, 3.8) is 0 Å². The van der Waals surface area contributed by atoms with Crippen LogP contribution in [0.15, 0.2) is 12.2 Å². The molecular weight excluding hydrogens is 184 g/mol. The Morgan fingerprint density at radius 1 is 0.867 bits per heavy atom. The topological polar surface area (TPSA) is 12.5 Å². The average molecular weight is 202 g/mol. The lowest BCUT2D eigenvalue weighted by atomic mass is 9.69. The van der Waals surface area contributed by atoms with Gasteiger partial charge in [0.1, 0.15) is 0 Å². The van der Waals surface area contributed by atoms with Crippen molar-refractivity contribution < 1.29 is 4.74 Å². The maximum Gasteiger partial charge on any atom is 0.0840 e. The molecular formula is C14H18O. The summed E-state index contributed by atoms with van der Waals surface area (Å²) in [5.41, 5.74) is 0. The highest BCUT2D eigenvalue weighted by atomic mass is 16.6. The normalized spacial score (nSPS) is 67.7. The van der Waals surface area contributed by atoms with Crippen LogP contribution in [0.4, 0.5) is 0 Å². The Kier molecular flexibility index (Phi) is 1.23. The average Bonchev–Trinajstić information content (AvgIpc) is 2.73. The van der Waals surface area contributed by atoms with Crippen LogP contribution in [0.1, 0.15) is 19.3 Å². The summed E-state index contributed by atoms with van der Waals surface area (Å²) >= 11 is 0. The first kappa shape index (κ1) is 7.89. The first-order valence-electron chi connectivity index (χ1n) is 6.72. The second-order valence-corrected chi connectivity index (χ2v) is 6.53. The highest BCUT2D eigenvalue weighted by Gasteiger charge is 2.63. The van der Waals surface area contributed by atoms with Gasteiger partial charge in [0.2, 0.25) is 0 Å². The van der Waals surface area contributed by atoms with E-state index in [4.69, 9.17) is 4.74 Å². The predicted molar refractivity (Wildman–Crippen MR) is 57.2 cm³/mol. The van der Waals surface area contributed by atoms with Crippen molar-refractivity contribution in [2.45, 2.75) is 25.4 Å². The zero-order valence-corrected chi connectivity index (χ0v) is 9.01. The van der Waals surface area contributed by atoms with Crippen LogP contribution in [0.3, 0.4) is 0 Å². The van der Waals surface area contributed by atoms with Crippen molar-refractivity contribution >= 4 is 0 Å². The van der Waals surface area contributed by atoms with Gasteiger partial charge in [-0.05, 0) is 60.7 Å². The summed E-state index contributed by atoms with van der Waals surface area (Å²) in [6.07, 6.45) is 10.3. The molecule has 8 unspecified atom stereocenters. The molecule has 8 atom stereocenters. The van der Waals surface area contributed by atoms with E-state index >= 15 is 0 Å². The van der Waals surface area contributed by atoms with Gasteiger partial charge in [-0.2, -0.15) is 0 Å². The van der Waals surface area contributed by atoms with E-state index in [-0.39, 0.29) is 0 Å². The third kappa shape index (κ3) is 0.824. The summed E-state index contributed by atoms with van der Waals surface area (Å²) in [5.74, 6) is 7.21. The van der Waals surface area contributed by atoms with Crippen LogP contribution in [-0.4, -0.2) is 12.7 Å². The number of fused-ring (bicyclic) bond motifs is 9. The van der Waals surface area contributed by atoms with E-state index < -0.39 is 0 Å². The summed E-state index contributed by atoms with van der Waals surface area (Å²) in [4.78, 5) is 0. The number of allylic oxidation sites excluding steroid dienone is 2.